The Hall–Kier alpha value is -1.57. The average molecular weight is 270 g/mol. The fraction of sp³-hybridized carbons (Fsp3) is 0.500. The molecule has 1 aromatic carbocycles. The van der Waals surface area contributed by atoms with Crippen LogP contribution in [0.2, 0.25) is 0 Å². The van der Waals surface area contributed by atoms with Gasteiger partial charge in [0.25, 0.3) is 0 Å². The summed E-state index contributed by atoms with van der Waals surface area (Å²) in [7, 11) is 0. The van der Waals surface area contributed by atoms with Crippen molar-refractivity contribution in [2.24, 2.45) is 5.41 Å². The van der Waals surface area contributed by atoms with Crippen LogP contribution in [0.25, 0.3) is 5.57 Å². The zero-order valence-corrected chi connectivity index (χ0v) is 13.0. The summed E-state index contributed by atoms with van der Waals surface area (Å²) in [6.07, 6.45) is 1.44. The van der Waals surface area contributed by atoms with Gasteiger partial charge < -0.3 is 4.74 Å². The highest BCUT2D eigenvalue weighted by atomic mass is 16.5. The summed E-state index contributed by atoms with van der Waals surface area (Å²) in [6, 6.07) is 6.32. The van der Waals surface area contributed by atoms with Crippen LogP contribution in [0.1, 0.15) is 57.2 Å². The number of ketones is 1. The number of fused-ring (bicyclic) bond motifs is 2. The molecule has 2 heteroatoms. The molecule has 3 rings (SSSR count). The number of Topliss-reactive ketones (excluding diaryl/α,β-unsaturated/α-hetero) is 1. The molecule has 0 bridgehead atoms. The highest BCUT2D eigenvalue weighted by Gasteiger charge is 2.42. The van der Waals surface area contributed by atoms with Crippen LogP contribution >= 0.6 is 0 Å². The van der Waals surface area contributed by atoms with Gasteiger partial charge in [-0.3, -0.25) is 4.79 Å². The van der Waals surface area contributed by atoms with Gasteiger partial charge >= 0.3 is 0 Å². The molecule has 1 heterocycles. The number of hydrogen-bond acceptors (Lipinski definition) is 2. The van der Waals surface area contributed by atoms with E-state index in [9.17, 15) is 4.79 Å². The van der Waals surface area contributed by atoms with Gasteiger partial charge in [0.05, 0.1) is 5.57 Å². The molecular weight excluding hydrogens is 248 g/mol. The Kier molecular flexibility index (Phi) is 2.66. The molecule has 0 N–H and O–H groups in total. The lowest BCUT2D eigenvalue weighted by Gasteiger charge is -2.41. The average Bonchev–Trinajstić information content (AvgIpc) is 2.24. The molecule has 106 valence electrons. The summed E-state index contributed by atoms with van der Waals surface area (Å²) < 4.78 is 6.21. The predicted octanol–water partition coefficient (Wildman–Crippen LogP) is 4.36. The number of hydrogen-bond donors (Lipinski definition) is 0. The molecule has 0 fully saturated rings. The smallest absolute Gasteiger partial charge is 0.167 e. The molecule has 1 aliphatic heterocycles. The Labute approximate surface area is 120 Å². The van der Waals surface area contributed by atoms with E-state index in [1.54, 1.807) is 0 Å². The molecular formula is C18H22O2. The van der Waals surface area contributed by atoms with Crippen LogP contribution in [-0.4, -0.2) is 5.78 Å². The SMILES string of the molecule is Cc1ccc2c(c1)C1=C(CC(C)(C)CC1=O)OC2(C)C. The topological polar surface area (TPSA) is 26.3 Å². The Balaban J connectivity index is 2.25. The lowest BCUT2D eigenvalue weighted by Crippen LogP contribution is -2.35. The number of allylic oxidation sites excluding steroid dienone is 2. The molecule has 20 heavy (non-hydrogen) atoms. The summed E-state index contributed by atoms with van der Waals surface area (Å²) in [5, 5.41) is 0. The molecule has 2 nitrogen and oxygen atoms in total. The normalized spacial score (nSPS) is 22.9. The van der Waals surface area contributed by atoms with Crippen molar-refractivity contribution in [2.45, 2.75) is 53.1 Å². The largest absolute Gasteiger partial charge is 0.487 e. The highest BCUT2D eigenvalue weighted by molar-refractivity contribution is 6.23. The van der Waals surface area contributed by atoms with E-state index in [1.165, 1.54) is 5.56 Å². The molecule has 0 saturated heterocycles. The minimum atomic E-state index is -0.366. The van der Waals surface area contributed by atoms with Gasteiger partial charge in [0.2, 0.25) is 0 Å². The van der Waals surface area contributed by atoms with Gasteiger partial charge in [-0.1, -0.05) is 37.6 Å². The number of carbonyl (C=O) groups excluding carboxylic acids is 1. The third-order valence-corrected chi connectivity index (χ3v) is 4.31. The Morgan fingerprint density at radius 3 is 2.50 bits per heavy atom. The summed E-state index contributed by atoms with van der Waals surface area (Å²) in [5.41, 5.74) is 3.84. The third kappa shape index (κ3) is 1.98. The van der Waals surface area contributed by atoms with Crippen molar-refractivity contribution < 1.29 is 9.53 Å². The second-order valence-electron chi connectivity index (χ2n) is 7.40. The van der Waals surface area contributed by atoms with Gasteiger partial charge in [0, 0.05) is 18.4 Å². The molecule has 1 aromatic rings. The Morgan fingerprint density at radius 2 is 1.80 bits per heavy atom. The molecule has 0 radical (unpaired) electrons. The standard InChI is InChI=1S/C18H22O2/c1-11-6-7-13-12(8-11)16-14(19)9-17(2,3)10-15(16)20-18(13,4)5/h6-8H,9-10H2,1-5H3. The maximum atomic E-state index is 12.6. The third-order valence-electron chi connectivity index (χ3n) is 4.31. The van der Waals surface area contributed by atoms with Crippen LogP contribution in [0.15, 0.2) is 24.0 Å². The first-order valence-electron chi connectivity index (χ1n) is 7.26. The van der Waals surface area contributed by atoms with Crippen molar-refractivity contribution in [3.05, 3.63) is 40.6 Å². The number of carbonyl (C=O) groups is 1. The van der Waals surface area contributed by atoms with Gasteiger partial charge in [-0.2, -0.15) is 0 Å². The molecule has 2 aliphatic rings. The van der Waals surface area contributed by atoms with Crippen LogP contribution < -0.4 is 0 Å². The maximum Gasteiger partial charge on any atom is 0.167 e. The van der Waals surface area contributed by atoms with Crippen molar-refractivity contribution in [1.29, 1.82) is 0 Å². The van der Waals surface area contributed by atoms with Crippen molar-refractivity contribution in [2.75, 3.05) is 0 Å². The van der Waals surface area contributed by atoms with E-state index in [2.05, 4.69) is 52.8 Å². The van der Waals surface area contributed by atoms with Crippen LogP contribution in [0.5, 0.6) is 0 Å². The van der Waals surface area contributed by atoms with E-state index in [-0.39, 0.29) is 16.8 Å². The number of ether oxygens (including phenoxy) is 1. The summed E-state index contributed by atoms with van der Waals surface area (Å²) in [4.78, 5) is 12.6. The zero-order valence-electron chi connectivity index (χ0n) is 13.0. The van der Waals surface area contributed by atoms with Crippen molar-refractivity contribution in [3.63, 3.8) is 0 Å². The Morgan fingerprint density at radius 1 is 1.10 bits per heavy atom. The van der Waals surface area contributed by atoms with E-state index >= 15 is 0 Å². The zero-order chi connectivity index (χ0) is 14.7. The summed E-state index contributed by atoms with van der Waals surface area (Å²) in [6.45, 7) is 10.5. The van der Waals surface area contributed by atoms with Crippen LogP contribution in [0, 0.1) is 12.3 Å². The molecule has 0 atom stereocenters. The van der Waals surface area contributed by atoms with Crippen molar-refractivity contribution >= 4 is 11.4 Å². The highest BCUT2D eigenvalue weighted by Crippen LogP contribution is 2.48. The van der Waals surface area contributed by atoms with Gasteiger partial charge in [0.15, 0.2) is 5.78 Å². The van der Waals surface area contributed by atoms with Gasteiger partial charge in [-0.15, -0.1) is 0 Å². The molecule has 0 aromatic heterocycles. The number of aryl methyl sites for hydroxylation is 1. The van der Waals surface area contributed by atoms with Gasteiger partial charge in [-0.05, 0) is 31.7 Å². The number of benzene rings is 1. The molecule has 1 aliphatic carbocycles. The predicted molar refractivity (Wildman–Crippen MR) is 80.2 cm³/mol. The van der Waals surface area contributed by atoms with E-state index in [1.807, 2.05) is 0 Å². The summed E-state index contributed by atoms with van der Waals surface area (Å²) >= 11 is 0. The van der Waals surface area contributed by atoms with E-state index in [0.717, 1.165) is 28.9 Å². The lowest BCUT2D eigenvalue weighted by molar-refractivity contribution is -0.117. The fourth-order valence-corrected chi connectivity index (χ4v) is 3.40. The van der Waals surface area contributed by atoms with Gasteiger partial charge in [-0.25, -0.2) is 0 Å². The summed E-state index contributed by atoms with van der Waals surface area (Å²) in [5.74, 6) is 1.10. The minimum absolute atomic E-state index is 0.00662. The number of rotatable bonds is 0. The van der Waals surface area contributed by atoms with Crippen LogP contribution in [0.3, 0.4) is 0 Å². The second-order valence-corrected chi connectivity index (χ2v) is 7.40. The van der Waals surface area contributed by atoms with Gasteiger partial charge in [0.1, 0.15) is 11.4 Å². The molecule has 0 spiro atoms. The minimum Gasteiger partial charge on any atom is -0.487 e. The van der Waals surface area contributed by atoms with E-state index < -0.39 is 0 Å². The lowest BCUT2D eigenvalue weighted by atomic mass is 9.72. The molecule has 0 amide bonds. The first-order valence-corrected chi connectivity index (χ1v) is 7.26. The van der Waals surface area contributed by atoms with Crippen molar-refractivity contribution in [1.82, 2.24) is 0 Å². The second kappa shape index (κ2) is 3.97. The van der Waals surface area contributed by atoms with Crippen molar-refractivity contribution in [3.8, 4) is 0 Å². The fourth-order valence-electron chi connectivity index (χ4n) is 3.40. The molecule has 0 unspecified atom stereocenters. The quantitative estimate of drug-likeness (QED) is 0.700. The first kappa shape index (κ1) is 13.4. The Bertz CT molecular complexity index is 633. The monoisotopic (exact) mass is 270 g/mol. The molecule has 0 saturated carbocycles. The van der Waals surface area contributed by atoms with Crippen LogP contribution in [-0.2, 0) is 15.1 Å². The first-order chi connectivity index (χ1) is 9.20. The van der Waals surface area contributed by atoms with E-state index in [4.69, 9.17) is 4.74 Å². The van der Waals surface area contributed by atoms with E-state index in [0.29, 0.717) is 6.42 Å². The maximum absolute atomic E-state index is 12.6. The van der Waals surface area contributed by atoms with Crippen LogP contribution in [0.4, 0.5) is 0 Å².